The van der Waals surface area contributed by atoms with Crippen LogP contribution in [0.25, 0.3) is 0 Å². The lowest BCUT2D eigenvalue weighted by Gasteiger charge is -2.34. The third-order valence-corrected chi connectivity index (χ3v) is 7.43. The minimum absolute atomic E-state index is 0.00760. The van der Waals surface area contributed by atoms with Crippen molar-refractivity contribution in [1.82, 2.24) is 9.62 Å². The van der Waals surface area contributed by atoms with Gasteiger partial charge in [0.25, 0.3) is 0 Å². The molecule has 1 aromatic carbocycles. The van der Waals surface area contributed by atoms with Crippen LogP contribution in [-0.4, -0.2) is 37.3 Å². The predicted molar refractivity (Wildman–Crippen MR) is 97.7 cm³/mol. The highest BCUT2D eigenvalue weighted by Crippen LogP contribution is 2.30. The summed E-state index contributed by atoms with van der Waals surface area (Å²) in [5, 5.41) is 3.18. The molecular formula is C19H28N2O3S. The van der Waals surface area contributed by atoms with Gasteiger partial charge in [-0.3, -0.25) is 4.79 Å². The molecule has 6 heteroatoms. The van der Waals surface area contributed by atoms with Crippen LogP contribution in [0.2, 0.25) is 0 Å². The van der Waals surface area contributed by atoms with Gasteiger partial charge in [-0.05, 0) is 51.7 Å². The summed E-state index contributed by atoms with van der Waals surface area (Å²) in [6.07, 6.45) is 5.79. The first-order chi connectivity index (χ1) is 11.8. The number of carbonyl (C=O) groups is 1. The quantitative estimate of drug-likeness (QED) is 0.893. The molecule has 1 amide bonds. The molecule has 0 radical (unpaired) electrons. The zero-order valence-corrected chi connectivity index (χ0v) is 15.9. The molecule has 1 unspecified atom stereocenters. The Hall–Kier alpha value is -1.40. The van der Waals surface area contributed by atoms with Crippen LogP contribution in [0, 0.1) is 12.8 Å². The fourth-order valence-electron chi connectivity index (χ4n) is 3.91. The molecule has 1 heterocycles. The number of benzene rings is 1. The molecule has 0 spiro atoms. The van der Waals surface area contributed by atoms with Gasteiger partial charge in [0.15, 0.2) is 0 Å². The lowest BCUT2D eigenvalue weighted by atomic mass is 9.95. The summed E-state index contributed by atoms with van der Waals surface area (Å²) < 4.78 is 27.2. The number of aryl methyl sites for hydroxylation is 1. The molecule has 0 aromatic heterocycles. The Morgan fingerprint density at radius 1 is 1.16 bits per heavy atom. The molecule has 2 fully saturated rings. The largest absolute Gasteiger partial charge is 0.351 e. The molecule has 1 saturated carbocycles. The van der Waals surface area contributed by atoms with Crippen LogP contribution in [-0.2, 0) is 14.8 Å². The van der Waals surface area contributed by atoms with Crippen LogP contribution < -0.4 is 5.32 Å². The van der Waals surface area contributed by atoms with Gasteiger partial charge in [0.1, 0.15) is 0 Å². The number of piperidine rings is 1. The van der Waals surface area contributed by atoms with E-state index in [4.69, 9.17) is 0 Å². The van der Waals surface area contributed by atoms with E-state index in [1.54, 1.807) is 12.1 Å². The van der Waals surface area contributed by atoms with Gasteiger partial charge in [-0.1, -0.05) is 30.5 Å². The standard InChI is InChI=1S/C19H28N2O3S/c1-15-7-9-17(10-8-15)25(23,24)21-13-5-6-16(14-21)18(22)20-19(2)11-3-4-12-19/h7-10,16H,3-6,11-14H2,1-2H3,(H,20,22). The van der Waals surface area contributed by atoms with E-state index < -0.39 is 10.0 Å². The fraction of sp³-hybridized carbons (Fsp3) is 0.632. The van der Waals surface area contributed by atoms with Gasteiger partial charge in [0, 0.05) is 18.6 Å². The van der Waals surface area contributed by atoms with E-state index in [9.17, 15) is 13.2 Å². The highest BCUT2D eigenvalue weighted by Gasteiger charge is 2.36. The topological polar surface area (TPSA) is 66.5 Å². The predicted octanol–water partition coefficient (Wildman–Crippen LogP) is 2.84. The first-order valence-corrected chi connectivity index (χ1v) is 10.6. The smallest absolute Gasteiger partial charge is 0.243 e. The van der Waals surface area contributed by atoms with Crippen LogP contribution >= 0.6 is 0 Å². The molecule has 1 atom stereocenters. The Morgan fingerprint density at radius 2 is 1.80 bits per heavy atom. The van der Waals surface area contributed by atoms with Gasteiger partial charge in [-0.25, -0.2) is 8.42 Å². The van der Waals surface area contributed by atoms with E-state index in [0.29, 0.717) is 11.4 Å². The first-order valence-electron chi connectivity index (χ1n) is 9.19. The Kier molecular flexibility index (Phi) is 5.21. The summed E-state index contributed by atoms with van der Waals surface area (Å²) >= 11 is 0. The zero-order valence-electron chi connectivity index (χ0n) is 15.1. The van der Waals surface area contributed by atoms with Crippen molar-refractivity contribution >= 4 is 15.9 Å². The third kappa shape index (κ3) is 4.06. The van der Waals surface area contributed by atoms with Gasteiger partial charge in [0.05, 0.1) is 10.8 Å². The molecule has 138 valence electrons. The first kappa shape index (κ1) is 18.4. The summed E-state index contributed by atoms with van der Waals surface area (Å²) in [6, 6.07) is 6.91. The molecule has 0 bridgehead atoms. The molecule has 1 saturated heterocycles. The number of sulfonamides is 1. The van der Waals surface area contributed by atoms with Gasteiger partial charge in [-0.15, -0.1) is 0 Å². The lowest BCUT2D eigenvalue weighted by molar-refractivity contribution is -0.127. The van der Waals surface area contributed by atoms with Crippen LogP contribution in [0.15, 0.2) is 29.2 Å². The van der Waals surface area contributed by atoms with Crippen molar-refractivity contribution < 1.29 is 13.2 Å². The summed E-state index contributed by atoms with van der Waals surface area (Å²) in [5.41, 5.74) is 0.912. The van der Waals surface area contributed by atoms with Crippen molar-refractivity contribution in [2.75, 3.05) is 13.1 Å². The molecule has 1 aliphatic heterocycles. The molecule has 1 aliphatic carbocycles. The summed E-state index contributed by atoms with van der Waals surface area (Å²) in [7, 11) is -3.53. The van der Waals surface area contributed by atoms with Gasteiger partial charge < -0.3 is 5.32 Å². The second-order valence-corrected chi connectivity index (χ2v) is 9.71. The SMILES string of the molecule is Cc1ccc(S(=O)(=O)N2CCCC(C(=O)NC3(C)CCCC3)C2)cc1. The number of hydrogen-bond acceptors (Lipinski definition) is 3. The summed E-state index contributed by atoms with van der Waals surface area (Å²) in [4.78, 5) is 13.0. The maximum Gasteiger partial charge on any atom is 0.243 e. The number of carbonyl (C=O) groups excluding carboxylic acids is 1. The van der Waals surface area contributed by atoms with Crippen LogP contribution in [0.5, 0.6) is 0 Å². The maximum atomic E-state index is 12.9. The fourth-order valence-corrected chi connectivity index (χ4v) is 5.44. The van der Waals surface area contributed by atoms with E-state index in [1.165, 1.54) is 4.31 Å². The van der Waals surface area contributed by atoms with Crippen LogP contribution in [0.4, 0.5) is 0 Å². The molecule has 25 heavy (non-hydrogen) atoms. The average Bonchev–Trinajstić information content (AvgIpc) is 3.01. The third-order valence-electron chi connectivity index (χ3n) is 5.55. The van der Waals surface area contributed by atoms with Crippen molar-refractivity contribution in [3.63, 3.8) is 0 Å². The Balaban J connectivity index is 1.70. The van der Waals surface area contributed by atoms with E-state index >= 15 is 0 Å². The molecule has 3 rings (SSSR count). The highest BCUT2D eigenvalue weighted by molar-refractivity contribution is 7.89. The lowest BCUT2D eigenvalue weighted by Crippen LogP contribution is -2.51. The van der Waals surface area contributed by atoms with Crippen molar-refractivity contribution in [3.8, 4) is 0 Å². The second kappa shape index (κ2) is 7.08. The molecule has 2 aliphatic rings. The van der Waals surface area contributed by atoms with E-state index in [0.717, 1.165) is 44.1 Å². The van der Waals surface area contributed by atoms with Crippen LogP contribution in [0.3, 0.4) is 0 Å². The van der Waals surface area contributed by atoms with Crippen molar-refractivity contribution in [2.24, 2.45) is 5.92 Å². The number of nitrogens with zero attached hydrogens (tertiary/aromatic N) is 1. The minimum atomic E-state index is -3.53. The molecule has 5 nitrogen and oxygen atoms in total. The van der Waals surface area contributed by atoms with Crippen molar-refractivity contribution in [2.45, 2.75) is 62.8 Å². The van der Waals surface area contributed by atoms with Gasteiger partial charge in [0.2, 0.25) is 15.9 Å². The Labute approximate surface area is 150 Å². The molecule has 1 aromatic rings. The van der Waals surface area contributed by atoms with E-state index in [2.05, 4.69) is 12.2 Å². The van der Waals surface area contributed by atoms with Crippen molar-refractivity contribution in [3.05, 3.63) is 29.8 Å². The van der Waals surface area contributed by atoms with E-state index in [-0.39, 0.29) is 23.9 Å². The average molecular weight is 365 g/mol. The number of rotatable bonds is 4. The van der Waals surface area contributed by atoms with E-state index in [1.807, 2.05) is 19.1 Å². The molecule has 1 N–H and O–H groups in total. The number of hydrogen-bond donors (Lipinski definition) is 1. The monoisotopic (exact) mass is 364 g/mol. The van der Waals surface area contributed by atoms with Gasteiger partial charge >= 0.3 is 0 Å². The Morgan fingerprint density at radius 3 is 2.44 bits per heavy atom. The zero-order chi connectivity index (χ0) is 18.1. The second-order valence-electron chi connectivity index (χ2n) is 7.77. The number of amides is 1. The normalized spacial score (nSPS) is 24.2. The minimum Gasteiger partial charge on any atom is -0.351 e. The summed E-state index contributed by atoms with van der Waals surface area (Å²) in [5.74, 6) is -0.250. The Bertz CT molecular complexity index is 722. The summed E-state index contributed by atoms with van der Waals surface area (Å²) in [6.45, 7) is 4.79. The van der Waals surface area contributed by atoms with Gasteiger partial charge in [-0.2, -0.15) is 4.31 Å². The number of nitrogens with one attached hydrogen (secondary N) is 1. The van der Waals surface area contributed by atoms with Crippen LogP contribution in [0.1, 0.15) is 51.0 Å². The van der Waals surface area contributed by atoms with Crippen molar-refractivity contribution in [1.29, 1.82) is 0 Å². The maximum absolute atomic E-state index is 12.9. The highest BCUT2D eigenvalue weighted by atomic mass is 32.2. The molecular weight excluding hydrogens is 336 g/mol.